The molecule has 2 atom stereocenters. The summed E-state index contributed by atoms with van der Waals surface area (Å²) < 4.78 is 1.61. The predicted molar refractivity (Wildman–Crippen MR) is 85.3 cm³/mol. The first kappa shape index (κ1) is 14.8. The number of hydrogen-bond donors (Lipinski definition) is 1. The van der Waals surface area contributed by atoms with Crippen molar-refractivity contribution in [2.75, 3.05) is 13.1 Å². The summed E-state index contributed by atoms with van der Waals surface area (Å²) in [7, 11) is 1.79. The van der Waals surface area contributed by atoms with Crippen molar-refractivity contribution in [1.82, 2.24) is 20.0 Å². The van der Waals surface area contributed by atoms with Crippen molar-refractivity contribution in [1.29, 1.82) is 0 Å². The lowest BCUT2D eigenvalue weighted by Crippen LogP contribution is -2.40. The monoisotopic (exact) mass is 298 g/mol. The Bertz CT molecular complexity index is 637. The van der Waals surface area contributed by atoms with Crippen molar-refractivity contribution in [3.8, 4) is 0 Å². The average Bonchev–Trinajstić information content (AvgIpc) is 3.06. The zero-order chi connectivity index (χ0) is 15.5. The van der Waals surface area contributed by atoms with Crippen molar-refractivity contribution in [3.63, 3.8) is 0 Å². The fourth-order valence-corrected chi connectivity index (χ4v) is 3.06. The second-order valence-electron chi connectivity index (χ2n) is 6.08. The van der Waals surface area contributed by atoms with Gasteiger partial charge in [0, 0.05) is 38.9 Å². The average molecular weight is 298 g/mol. The summed E-state index contributed by atoms with van der Waals surface area (Å²) in [5.41, 5.74) is 1.92. The highest BCUT2D eigenvalue weighted by atomic mass is 16.2. The largest absolute Gasteiger partial charge is 0.346 e. The first-order valence-corrected chi connectivity index (χ1v) is 7.68. The maximum atomic E-state index is 12.3. The van der Waals surface area contributed by atoms with Gasteiger partial charge in [-0.3, -0.25) is 14.4 Å². The molecule has 116 valence electrons. The molecular formula is C17H22N4O. The Morgan fingerprint density at radius 3 is 2.73 bits per heavy atom. The second kappa shape index (κ2) is 6.32. The Kier molecular flexibility index (Phi) is 4.24. The Morgan fingerprint density at radius 1 is 1.27 bits per heavy atom. The molecule has 5 heteroatoms. The zero-order valence-electron chi connectivity index (χ0n) is 13.1. The van der Waals surface area contributed by atoms with Crippen LogP contribution in [0.4, 0.5) is 0 Å². The molecular weight excluding hydrogens is 276 g/mol. The molecule has 0 unspecified atom stereocenters. The van der Waals surface area contributed by atoms with Gasteiger partial charge in [-0.15, -0.1) is 0 Å². The molecule has 0 aliphatic carbocycles. The number of nitrogens with zero attached hydrogens (tertiary/aromatic N) is 3. The van der Waals surface area contributed by atoms with Crippen molar-refractivity contribution in [3.05, 3.63) is 53.9 Å². The molecule has 0 spiro atoms. The van der Waals surface area contributed by atoms with Gasteiger partial charge in [-0.05, 0) is 17.5 Å². The van der Waals surface area contributed by atoms with Gasteiger partial charge in [-0.1, -0.05) is 37.3 Å². The number of likely N-dealkylation sites (tertiary alicyclic amines) is 1. The van der Waals surface area contributed by atoms with Crippen molar-refractivity contribution in [2.24, 2.45) is 13.0 Å². The molecule has 22 heavy (non-hydrogen) atoms. The Balaban J connectivity index is 1.59. The number of carbonyl (C=O) groups excluding carboxylic acids is 1. The van der Waals surface area contributed by atoms with E-state index >= 15 is 0 Å². The summed E-state index contributed by atoms with van der Waals surface area (Å²) in [5.74, 6) is 0.402. The van der Waals surface area contributed by atoms with Crippen LogP contribution in [-0.4, -0.2) is 39.7 Å². The van der Waals surface area contributed by atoms with Gasteiger partial charge < -0.3 is 5.32 Å². The van der Waals surface area contributed by atoms with Gasteiger partial charge >= 0.3 is 0 Å². The van der Waals surface area contributed by atoms with Crippen molar-refractivity contribution in [2.45, 2.75) is 19.5 Å². The normalized spacial score (nSPS) is 21.9. The van der Waals surface area contributed by atoms with E-state index in [-0.39, 0.29) is 11.9 Å². The van der Waals surface area contributed by atoms with Crippen LogP contribution >= 0.6 is 0 Å². The van der Waals surface area contributed by atoms with Crippen LogP contribution in [0.25, 0.3) is 0 Å². The molecule has 0 saturated carbocycles. The number of carbonyl (C=O) groups is 1. The minimum atomic E-state index is -0.0431. The van der Waals surface area contributed by atoms with E-state index in [0.29, 0.717) is 11.6 Å². The van der Waals surface area contributed by atoms with E-state index < -0.39 is 0 Å². The number of rotatable bonds is 4. The van der Waals surface area contributed by atoms with E-state index in [0.717, 1.165) is 19.6 Å². The topological polar surface area (TPSA) is 50.2 Å². The van der Waals surface area contributed by atoms with Gasteiger partial charge in [-0.2, -0.15) is 5.10 Å². The second-order valence-corrected chi connectivity index (χ2v) is 6.08. The van der Waals surface area contributed by atoms with Crippen molar-refractivity contribution >= 4 is 5.91 Å². The molecule has 5 nitrogen and oxygen atoms in total. The zero-order valence-corrected chi connectivity index (χ0v) is 13.1. The Labute approximate surface area is 130 Å². The molecule has 1 amide bonds. The third-order valence-electron chi connectivity index (χ3n) is 4.31. The molecule has 0 bridgehead atoms. The van der Waals surface area contributed by atoms with Crippen LogP contribution in [0.3, 0.4) is 0 Å². The van der Waals surface area contributed by atoms with E-state index in [4.69, 9.17) is 0 Å². The first-order chi connectivity index (χ1) is 10.6. The standard InChI is InChI=1S/C17H22N4O/c1-13-10-21(11-14-6-4-3-5-7-14)12-15(13)19-17(22)16-8-9-18-20(16)2/h3-9,13,15H,10-12H2,1-2H3,(H,19,22)/t13-,15+/m1/s1. The fourth-order valence-electron chi connectivity index (χ4n) is 3.06. The third kappa shape index (κ3) is 3.20. The Morgan fingerprint density at radius 2 is 2.05 bits per heavy atom. The van der Waals surface area contributed by atoms with Gasteiger partial charge in [0.05, 0.1) is 0 Å². The summed E-state index contributed by atoms with van der Waals surface area (Å²) in [6.45, 7) is 5.02. The molecule has 2 aromatic rings. The first-order valence-electron chi connectivity index (χ1n) is 7.68. The van der Waals surface area contributed by atoms with Crippen LogP contribution in [-0.2, 0) is 13.6 Å². The van der Waals surface area contributed by atoms with Gasteiger partial charge in [0.2, 0.25) is 0 Å². The molecule has 1 aromatic heterocycles. The van der Waals surface area contributed by atoms with E-state index in [2.05, 4.69) is 46.5 Å². The maximum absolute atomic E-state index is 12.3. The highest BCUT2D eigenvalue weighted by Crippen LogP contribution is 2.19. The number of hydrogen-bond acceptors (Lipinski definition) is 3. The number of nitrogens with one attached hydrogen (secondary N) is 1. The van der Waals surface area contributed by atoms with Crippen LogP contribution in [0.2, 0.25) is 0 Å². The summed E-state index contributed by atoms with van der Waals surface area (Å²) in [4.78, 5) is 14.7. The van der Waals surface area contributed by atoms with Crippen LogP contribution < -0.4 is 5.32 Å². The Hall–Kier alpha value is -2.14. The van der Waals surface area contributed by atoms with Gasteiger partial charge in [-0.25, -0.2) is 0 Å². The molecule has 1 N–H and O–H groups in total. The molecule has 1 aliphatic rings. The molecule has 1 fully saturated rings. The lowest BCUT2D eigenvalue weighted by Gasteiger charge is -2.17. The number of amides is 1. The molecule has 1 aromatic carbocycles. The maximum Gasteiger partial charge on any atom is 0.269 e. The SMILES string of the molecule is C[C@@H]1CN(Cc2ccccc2)C[C@@H]1NC(=O)c1ccnn1C. The molecule has 1 saturated heterocycles. The lowest BCUT2D eigenvalue weighted by atomic mass is 10.1. The lowest BCUT2D eigenvalue weighted by molar-refractivity contribution is 0.0922. The third-order valence-corrected chi connectivity index (χ3v) is 4.31. The van der Waals surface area contributed by atoms with E-state index in [9.17, 15) is 4.79 Å². The minimum absolute atomic E-state index is 0.0431. The summed E-state index contributed by atoms with van der Waals surface area (Å²) in [6.07, 6.45) is 1.65. The van der Waals surface area contributed by atoms with Crippen LogP contribution in [0.1, 0.15) is 23.0 Å². The molecule has 3 rings (SSSR count). The molecule has 0 radical (unpaired) electrons. The van der Waals surface area contributed by atoms with Crippen LogP contribution in [0.5, 0.6) is 0 Å². The van der Waals surface area contributed by atoms with Crippen LogP contribution in [0, 0.1) is 5.92 Å². The van der Waals surface area contributed by atoms with E-state index in [1.54, 1.807) is 24.0 Å². The number of aromatic nitrogens is 2. The van der Waals surface area contributed by atoms with Gasteiger partial charge in [0.25, 0.3) is 5.91 Å². The molecule has 2 heterocycles. The highest BCUT2D eigenvalue weighted by Gasteiger charge is 2.31. The quantitative estimate of drug-likeness (QED) is 0.934. The number of aryl methyl sites for hydroxylation is 1. The van der Waals surface area contributed by atoms with Crippen molar-refractivity contribution < 1.29 is 4.79 Å². The van der Waals surface area contributed by atoms with E-state index in [1.165, 1.54) is 5.56 Å². The van der Waals surface area contributed by atoms with Crippen LogP contribution in [0.15, 0.2) is 42.6 Å². The smallest absolute Gasteiger partial charge is 0.269 e. The summed E-state index contributed by atoms with van der Waals surface area (Å²) >= 11 is 0. The minimum Gasteiger partial charge on any atom is -0.346 e. The highest BCUT2D eigenvalue weighted by molar-refractivity contribution is 5.92. The predicted octanol–water partition coefficient (Wildman–Crippen LogP) is 1.67. The van der Waals surface area contributed by atoms with E-state index in [1.807, 2.05) is 6.07 Å². The summed E-state index contributed by atoms with van der Waals surface area (Å²) in [5, 5.41) is 7.19. The van der Waals surface area contributed by atoms with Gasteiger partial charge in [0.1, 0.15) is 5.69 Å². The summed E-state index contributed by atoms with van der Waals surface area (Å²) in [6, 6.07) is 12.4. The van der Waals surface area contributed by atoms with Gasteiger partial charge in [0.15, 0.2) is 0 Å². The molecule has 1 aliphatic heterocycles. The fraction of sp³-hybridized carbons (Fsp3) is 0.412. The number of benzene rings is 1.